The molecule has 26 heavy (non-hydrogen) atoms. The number of sulfonamides is 1. The maximum Gasteiger partial charge on any atom is 0.218 e. The molecule has 2 aliphatic heterocycles. The normalized spacial score (nSPS) is 20.3. The zero-order valence-corrected chi connectivity index (χ0v) is 15.0. The van der Waals surface area contributed by atoms with Crippen molar-refractivity contribution in [3.63, 3.8) is 0 Å². The van der Waals surface area contributed by atoms with E-state index < -0.39 is 10.0 Å². The lowest BCUT2D eigenvalue weighted by molar-refractivity contribution is 0.171. The summed E-state index contributed by atoms with van der Waals surface area (Å²) in [4.78, 5) is 0. The Labute approximate surface area is 152 Å². The van der Waals surface area contributed by atoms with Gasteiger partial charge in [0.2, 0.25) is 10.0 Å². The number of hydrogen-bond donors (Lipinski definition) is 0. The second kappa shape index (κ2) is 6.89. The van der Waals surface area contributed by atoms with Gasteiger partial charge < -0.3 is 9.47 Å². The Bertz CT molecular complexity index is 898. The van der Waals surface area contributed by atoms with Crippen molar-refractivity contribution in [2.24, 2.45) is 0 Å². The molecule has 0 saturated carbocycles. The van der Waals surface area contributed by atoms with Gasteiger partial charge in [-0.05, 0) is 48.2 Å². The molecular weight excluding hydrogens is 357 g/mol. The van der Waals surface area contributed by atoms with E-state index in [2.05, 4.69) is 0 Å². The quantitative estimate of drug-likeness (QED) is 0.821. The van der Waals surface area contributed by atoms with Crippen molar-refractivity contribution in [2.45, 2.75) is 24.6 Å². The molecule has 1 saturated heterocycles. The van der Waals surface area contributed by atoms with Crippen LogP contribution in [-0.4, -0.2) is 32.5 Å². The Morgan fingerprint density at radius 2 is 1.77 bits per heavy atom. The van der Waals surface area contributed by atoms with Gasteiger partial charge in [-0.25, -0.2) is 12.8 Å². The number of fused-ring (bicyclic) bond motifs is 1. The molecule has 1 fully saturated rings. The van der Waals surface area contributed by atoms with Gasteiger partial charge >= 0.3 is 0 Å². The fourth-order valence-electron chi connectivity index (χ4n) is 3.55. The van der Waals surface area contributed by atoms with Crippen molar-refractivity contribution in [3.05, 3.63) is 59.4 Å². The molecule has 0 bridgehead atoms. The molecule has 138 valence electrons. The lowest BCUT2D eigenvalue weighted by Crippen LogP contribution is -2.31. The van der Waals surface area contributed by atoms with Crippen molar-refractivity contribution >= 4 is 10.0 Å². The van der Waals surface area contributed by atoms with Gasteiger partial charge in [0.05, 0.1) is 5.75 Å². The van der Waals surface area contributed by atoms with Crippen molar-refractivity contribution in [1.82, 2.24) is 4.31 Å². The van der Waals surface area contributed by atoms with Crippen LogP contribution < -0.4 is 9.47 Å². The van der Waals surface area contributed by atoms with Gasteiger partial charge in [0.15, 0.2) is 11.5 Å². The molecule has 1 unspecified atom stereocenters. The first-order chi connectivity index (χ1) is 12.5. The van der Waals surface area contributed by atoms with Crippen LogP contribution in [0.4, 0.5) is 4.39 Å². The largest absolute Gasteiger partial charge is 0.486 e. The zero-order chi connectivity index (χ0) is 18.1. The van der Waals surface area contributed by atoms with Gasteiger partial charge in [0, 0.05) is 12.6 Å². The third-order valence-corrected chi connectivity index (χ3v) is 6.62. The molecule has 1 atom stereocenters. The van der Waals surface area contributed by atoms with Crippen molar-refractivity contribution in [1.29, 1.82) is 0 Å². The smallest absolute Gasteiger partial charge is 0.218 e. The molecule has 0 radical (unpaired) electrons. The summed E-state index contributed by atoms with van der Waals surface area (Å²) in [5.74, 6) is 0.852. The molecule has 2 aliphatic rings. The summed E-state index contributed by atoms with van der Waals surface area (Å²) in [6.45, 7) is 1.50. The van der Waals surface area contributed by atoms with Crippen LogP contribution in [0.25, 0.3) is 0 Å². The van der Waals surface area contributed by atoms with Gasteiger partial charge in [-0.2, -0.15) is 4.31 Å². The number of hydrogen-bond acceptors (Lipinski definition) is 4. The Kier molecular flexibility index (Phi) is 4.58. The summed E-state index contributed by atoms with van der Waals surface area (Å²) in [5, 5.41) is 0. The highest BCUT2D eigenvalue weighted by atomic mass is 32.2. The molecule has 2 aromatic rings. The standard InChI is InChI=1S/C19H20FNO4S/c20-16-6-3-14(4-7-16)13-26(22,23)21-9-1-2-17(21)15-5-8-18-19(12-15)25-11-10-24-18/h3-8,12,17H,1-2,9-11,13H2. The summed E-state index contributed by atoms with van der Waals surface area (Å²) in [7, 11) is -3.51. The lowest BCUT2D eigenvalue weighted by Gasteiger charge is -2.26. The molecular formula is C19H20FNO4S. The second-order valence-corrected chi connectivity index (χ2v) is 8.48. The number of rotatable bonds is 4. The first-order valence-corrected chi connectivity index (χ1v) is 10.3. The van der Waals surface area contributed by atoms with Crippen molar-refractivity contribution < 1.29 is 22.3 Å². The van der Waals surface area contributed by atoms with Crippen LogP contribution in [0.5, 0.6) is 11.5 Å². The minimum absolute atomic E-state index is 0.131. The van der Waals surface area contributed by atoms with Crippen molar-refractivity contribution in [2.75, 3.05) is 19.8 Å². The van der Waals surface area contributed by atoms with E-state index in [4.69, 9.17) is 9.47 Å². The number of ether oxygens (including phenoxy) is 2. The Morgan fingerprint density at radius 3 is 2.54 bits per heavy atom. The lowest BCUT2D eigenvalue weighted by atomic mass is 10.0. The summed E-state index contributed by atoms with van der Waals surface area (Å²) >= 11 is 0. The van der Waals surface area contributed by atoms with Crippen LogP contribution in [0.15, 0.2) is 42.5 Å². The van der Waals surface area contributed by atoms with E-state index in [0.717, 1.165) is 18.4 Å². The van der Waals surface area contributed by atoms with Crippen molar-refractivity contribution in [3.8, 4) is 11.5 Å². The summed E-state index contributed by atoms with van der Waals surface area (Å²) in [5.41, 5.74) is 1.49. The summed E-state index contributed by atoms with van der Waals surface area (Å²) in [6, 6.07) is 11.0. The minimum Gasteiger partial charge on any atom is -0.486 e. The molecule has 0 N–H and O–H groups in total. The topological polar surface area (TPSA) is 55.8 Å². The molecule has 0 spiro atoms. The van der Waals surface area contributed by atoms with Gasteiger partial charge in [-0.1, -0.05) is 18.2 Å². The molecule has 2 aromatic carbocycles. The third-order valence-electron chi connectivity index (χ3n) is 4.77. The summed E-state index contributed by atoms with van der Waals surface area (Å²) < 4.78 is 51.6. The van der Waals surface area contributed by atoms with E-state index in [1.807, 2.05) is 18.2 Å². The number of benzene rings is 2. The fourth-order valence-corrected chi connectivity index (χ4v) is 5.35. The number of halogens is 1. The highest BCUT2D eigenvalue weighted by Crippen LogP contribution is 2.39. The Hall–Kier alpha value is -2.12. The predicted molar refractivity (Wildman–Crippen MR) is 95.1 cm³/mol. The van der Waals surface area contributed by atoms with E-state index in [1.54, 1.807) is 4.31 Å². The average Bonchev–Trinajstić information content (AvgIpc) is 3.14. The van der Waals surface area contributed by atoms with Crippen LogP contribution in [0.2, 0.25) is 0 Å². The van der Waals surface area contributed by atoms with E-state index in [0.29, 0.717) is 36.8 Å². The minimum atomic E-state index is -3.51. The molecule has 5 nitrogen and oxygen atoms in total. The molecule has 4 rings (SSSR count). The van der Waals surface area contributed by atoms with Gasteiger partial charge in [-0.3, -0.25) is 0 Å². The fraction of sp³-hybridized carbons (Fsp3) is 0.368. The van der Waals surface area contributed by atoms with E-state index in [1.165, 1.54) is 24.3 Å². The Balaban J connectivity index is 1.58. The van der Waals surface area contributed by atoms with Crippen LogP contribution in [0, 0.1) is 5.82 Å². The number of nitrogens with zero attached hydrogens (tertiary/aromatic N) is 1. The predicted octanol–water partition coefficient (Wildman–Crippen LogP) is 3.26. The van der Waals surface area contributed by atoms with Gasteiger partial charge in [0.1, 0.15) is 19.0 Å². The third kappa shape index (κ3) is 3.41. The van der Waals surface area contributed by atoms with Crippen LogP contribution in [0.1, 0.15) is 30.0 Å². The molecule has 7 heteroatoms. The average molecular weight is 377 g/mol. The molecule has 0 aromatic heterocycles. The van der Waals surface area contributed by atoms with E-state index in [9.17, 15) is 12.8 Å². The first kappa shape index (κ1) is 17.3. The molecule has 0 amide bonds. The Morgan fingerprint density at radius 1 is 1.04 bits per heavy atom. The SMILES string of the molecule is O=S(=O)(Cc1ccc(F)cc1)N1CCCC1c1ccc2c(c1)OCCO2. The van der Waals surface area contributed by atoms with Gasteiger partial charge in [-0.15, -0.1) is 0 Å². The summed E-state index contributed by atoms with van der Waals surface area (Å²) in [6.07, 6.45) is 1.57. The highest BCUT2D eigenvalue weighted by Gasteiger charge is 2.35. The highest BCUT2D eigenvalue weighted by molar-refractivity contribution is 7.88. The zero-order valence-electron chi connectivity index (χ0n) is 14.2. The monoisotopic (exact) mass is 377 g/mol. The molecule has 0 aliphatic carbocycles. The van der Waals surface area contributed by atoms with Crippen LogP contribution in [0.3, 0.4) is 0 Å². The van der Waals surface area contributed by atoms with Crippen LogP contribution >= 0.6 is 0 Å². The maximum absolute atomic E-state index is 13.1. The second-order valence-electron chi connectivity index (χ2n) is 6.55. The van der Waals surface area contributed by atoms with Gasteiger partial charge in [0.25, 0.3) is 0 Å². The van der Waals surface area contributed by atoms with Crippen LogP contribution in [-0.2, 0) is 15.8 Å². The molecule has 2 heterocycles. The van der Waals surface area contributed by atoms with E-state index in [-0.39, 0.29) is 17.6 Å². The maximum atomic E-state index is 13.1. The van der Waals surface area contributed by atoms with E-state index >= 15 is 0 Å². The first-order valence-electron chi connectivity index (χ1n) is 8.66.